The average Bonchev–Trinajstić information content (AvgIpc) is 2.68. The molecule has 0 aliphatic carbocycles. The first kappa shape index (κ1) is 28.3. The molecule has 2 N–H and O–H groups in total. The van der Waals surface area contributed by atoms with E-state index in [1.54, 1.807) is 13.0 Å². The Morgan fingerprint density at radius 3 is 2.00 bits per heavy atom. The first-order valence-electron chi connectivity index (χ1n) is 11.4. The zero-order valence-electron chi connectivity index (χ0n) is 19.4. The van der Waals surface area contributed by atoms with Gasteiger partial charge in [0.15, 0.2) is 6.10 Å². The van der Waals surface area contributed by atoms with Gasteiger partial charge in [0.25, 0.3) is 0 Å². The molecule has 0 saturated heterocycles. The maximum absolute atomic E-state index is 12.3. The summed E-state index contributed by atoms with van der Waals surface area (Å²) in [6.45, 7) is 10.8. The summed E-state index contributed by atoms with van der Waals surface area (Å²) in [5, 5.41) is 20.8. The van der Waals surface area contributed by atoms with Crippen molar-refractivity contribution in [3.63, 3.8) is 0 Å². The fraction of sp³-hybridized carbons (Fsp3) is 0.750. The molecule has 6 nitrogen and oxygen atoms in total. The highest BCUT2D eigenvalue weighted by Gasteiger charge is 2.42. The highest BCUT2D eigenvalue weighted by atomic mass is 16.8. The number of rotatable bonds is 17. The number of hydrogen-bond acceptors (Lipinski definition) is 6. The summed E-state index contributed by atoms with van der Waals surface area (Å²) in [6, 6.07) is 0. The van der Waals surface area contributed by atoms with Crippen LogP contribution in [0, 0.1) is 0 Å². The second-order valence-corrected chi connectivity index (χ2v) is 8.02. The first-order valence-corrected chi connectivity index (χ1v) is 11.4. The number of ether oxygens (including phenoxy) is 2. The Bertz CT molecular complexity index is 550. The molecule has 0 rings (SSSR count). The molecule has 0 aromatic carbocycles. The van der Waals surface area contributed by atoms with Gasteiger partial charge in [-0.15, -0.1) is 0 Å². The molecule has 0 aromatic rings. The van der Waals surface area contributed by atoms with E-state index in [2.05, 4.69) is 20.4 Å². The van der Waals surface area contributed by atoms with Gasteiger partial charge in [-0.05, 0) is 39.5 Å². The number of carbonyl (C=O) groups is 2. The molecule has 1 unspecified atom stereocenters. The van der Waals surface area contributed by atoms with Gasteiger partial charge in [0, 0.05) is 11.1 Å². The van der Waals surface area contributed by atoms with Crippen LogP contribution >= 0.6 is 0 Å². The standard InChI is InChI=1S/C24H42O6/c1-6-8-10-12-14-16-18-21(29-22(25)19(3)4)24(27,28)30-23(26)20(5)17-15-13-11-9-7-2/h17,21,27-28H,3,6-16,18H2,1-2,4-5H3/b20-17+. The molecule has 0 aliphatic rings. The Hall–Kier alpha value is -1.66. The van der Waals surface area contributed by atoms with Gasteiger partial charge in [0.05, 0.1) is 0 Å². The van der Waals surface area contributed by atoms with Crippen LogP contribution in [0.4, 0.5) is 0 Å². The lowest BCUT2D eigenvalue weighted by atomic mass is 10.1. The van der Waals surface area contributed by atoms with E-state index in [1.165, 1.54) is 6.92 Å². The van der Waals surface area contributed by atoms with Gasteiger partial charge in [-0.3, -0.25) is 0 Å². The largest absolute Gasteiger partial charge is 0.449 e. The van der Waals surface area contributed by atoms with Crippen LogP contribution in [0.3, 0.4) is 0 Å². The average molecular weight is 427 g/mol. The van der Waals surface area contributed by atoms with Gasteiger partial charge in [-0.25, -0.2) is 9.59 Å². The summed E-state index contributed by atoms with van der Waals surface area (Å²) in [5.41, 5.74) is 0.428. The SMILES string of the molecule is C=C(C)C(=O)OC(CCCCCCCC)C(O)(O)OC(=O)/C(C)=C/CCCCCC. The normalized spacial score (nSPS) is 13.1. The lowest BCUT2D eigenvalue weighted by Gasteiger charge is -2.30. The van der Waals surface area contributed by atoms with Crippen LogP contribution in [0.1, 0.15) is 105 Å². The van der Waals surface area contributed by atoms with E-state index in [0.29, 0.717) is 12.0 Å². The Balaban J connectivity index is 4.89. The van der Waals surface area contributed by atoms with Crippen LogP contribution < -0.4 is 0 Å². The van der Waals surface area contributed by atoms with Gasteiger partial charge >= 0.3 is 17.9 Å². The van der Waals surface area contributed by atoms with Gasteiger partial charge in [-0.2, -0.15) is 0 Å². The number of allylic oxidation sites excluding steroid dienone is 1. The van der Waals surface area contributed by atoms with Crippen LogP contribution in [0.25, 0.3) is 0 Å². The summed E-state index contributed by atoms with van der Waals surface area (Å²) in [6.07, 6.45) is 11.4. The van der Waals surface area contributed by atoms with E-state index >= 15 is 0 Å². The van der Waals surface area contributed by atoms with E-state index in [4.69, 9.17) is 9.47 Å². The molecular weight excluding hydrogens is 384 g/mol. The van der Waals surface area contributed by atoms with Crippen molar-refractivity contribution in [3.8, 4) is 0 Å². The number of aliphatic hydroxyl groups is 2. The number of hydrogen-bond donors (Lipinski definition) is 2. The van der Waals surface area contributed by atoms with E-state index in [-0.39, 0.29) is 12.0 Å². The molecule has 0 radical (unpaired) electrons. The van der Waals surface area contributed by atoms with E-state index in [0.717, 1.165) is 64.2 Å². The van der Waals surface area contributed by atoms with E-state index in [9.17, 15) is 19.8 Å². The quantitative estimate of drug-likeness (QED) is 0.141. The fourth-order valence-electron chi connectivity index (χ4n) is 2.92. The van der Waals surface area contributed by atoms with Gasteiger partial charge in [0.1, 0.15) is 0 Å². The molecule has 1 atom stereocenters. The fourth-order valence-corrected chi connectivity index (χ4v) is 2.92. The summed E-state index contributed by atoms with van der Waals surface area (Å²) in [4.78, 5) is 24.2. The minimum absolute atomic E-state index is 0.133. The van der Waals surface area contributed by atoms with Crippen LogP contribution in [0.5, 0.6) is 0 Å². The van der Waals surface area contributed by atoms with Gasteiger partial charge < -0.3 is 19.7 Å². The zero-order valence-corrected chi connectivity index (χ0v) is 19.4. The Labute approximate surface area is 182 Å². The first-order chi connectivity index (χ1) is 14.2. The summed E-state index contributed by atoms with van der Waals surface area (Å²) >= 11 is 0. The molecule has 0 bridgehead atoms. The van der Waals surface area contributed by atoms with Crippen LogP contribution in [-0.2, 0) is 19.1 Å². The Kier molecular flexibility index (Phi) is 15.2. The van der Waals surface area contributed by atoms with Crippen LogP contribution in [0.2, 0.25) is 0 Å². The predicted molar refractivity (Wildman–Crippen MR) is 118 cm³/mol. The van der Waals surface area contributed by atoms with Crippen molar-refractivity contribution < 1.29 is 29.3 Å². The van der Waals surface area contributed by atoms with Crippen molar-refractivity contribution in [1.82, 2.24) is 0 Å². The Morgan fingerprint density at radius 1 is 0.900 bits per heavy atom. The van der Waals surface area contributed by atoms with Crippen molar-refractivity contribution in [2.24, 2.45) is 0 Å². The minimum atomic E-state index is -2.90. The highest BCUT2D eigenvalue weighted by molar-refractivity contribution is 5.88. The molecule has 0 saturated carbocycles. The summed E-state index contributed by atoms with van der Waals surface area (Å²) < 4.78 is 10.1. The van der Waals surface area contributed by atoms with E-state index in [1.807, 2.05) is 0 Å². The second-order valence-electron chi connectivity index (χ2n) is 8.02. The highest BCUT2D eigenvalue weighted by Crippen LogP contribution is 2.22. The molecule has 0 aromatic heterocycles. The van der Waals surface area contributed by atoms with Crippen LogP contribution in [0.15, 0.2) is 23.8 Å². The van der Waals surface area contributed by atoms with Crippen LogP contribution in [-0.4, -0.2) is 34.2 Å². The topological polar surface area (TPSA) is 93.1 Å². The number of unbranched alkanes of at least 4 members (excludes halogenated alkanes) is 9. The lowest BCUT2D eigenvalue weighted by molar-refractivity contribution is -0.358. The maximum atomic E-state index is 12.3. The maximum Gasteiger partial charge on any atom is 0.363 e. The van der Waals surface area contributed by atoms with Crippen molar-refractivity contribution >= 4 is 11.9 Å². The lowest BCUT2D eigenvalue weighted by Crippen LogP contribution is -2.48. The van der Waals surface area contributed by atoms with Crippen molar-refractivity contribution in [3.05, 3.63) is 23.8 Å². The minimum Gasteiger partial charge on any atom is -0.449 e. The van der Waals surface area contributed by atoms with Gasteiger partial charge in [0.2, 0.25) is 0 Å². The zero-order chi connectivity index (χ0) is 23.0. The monoisotopic (exact) mass is 426 g/mol. The summed E-state index contributed by atoms with van der Waals surface area (Å²) in [7, 11) is 0. The summed E-state index contributed by atoms with van der Waals surface area (Å²) in [5.74, 6) is -4.49. The third-order valence-electron chi connectivity index (χ3n) is 4.91. The molecule has 6 heteroatoms. The number of carbonyl (C=O) groups excluding carboxylic acids is 2. The predicted octanol–water partition coefficient (Wildman–Crippen LogP) is 5.32. The number of esters is 2. The molecule has 0 aliphatic heterocycles. The van der Waals surface area contributed by atoms with E-state index < -0.39 is 24.0 Å². The second kappa shape index (κ2) is 16.1. The molecule has 0 heterocycles. The Morgan fingerprint density at radius 2 is 1.43 bits per heavy atom. The van der Waals surface area contributed by atoms with Crippen molar-refractivity contribution in [2.75, 3.05) is 0 Å². The molecule has 0 spiro atoms. The van der Waals surface area contributed by atoms with Crippen molar-refractivity contribution in [2.45, 2.75) is 117 Å². The third kappa shape index (κ3) is 12.8. The van der Waals surface area contributed by atoms with Crippen molar-refractivity contribution in [1.29, 1.82) is 0 Å². The molecule has 30 heavy (non-hydrogen) atoms. The molecule has 0 fully saturated rings. The smallest absolute Gasteiger partial charge is 0.363 e. The molecule has 174 valence electrons. The molecular formula is C24H42O6. The third-order valence-corrected chi connectivity index (χ3v) is 4.91. The van der Waals surface area contributed by atoms with Gasteiger partial charge in [-0.1, -0.05) is 77.9 Å². The molecule has 0 amide bonds.